The molecular formula is C14H18ClN3O4S. The molecule has 126 valence electrons. The number of halogens is 1. The topological polar surface area (TPSA) is 84.8 Å². The second kappa shape index (κ2) is 7.87. The van der Waals surface area contributed by atoms with Gasteiger partial charge in [0.2, 0.25) is 5.28 Å². The molecule has 0 atom stereocenters. The third-order valence-corrected chi connectivity index (χ3v) is 4.58. The molecule has 0 unspecified atom stereocenters. The minimum atomic E-state index is -0.422. The number of aryl methyl sites for hydroxylation is 1. The highest BCUT2D eigenvalue weighted by molar-refractivity contribution is 7.20. The quantitative estimate of drug-likeness (QED) is 0.459. The molecule has 2 rings (SSSR count). The molecule has 7 nitrogen and oxygen atoms in total. The van der Waals surface area contributed by atoms with Gasteiger partial charge in [0.1, 0.15) is 22.1 Å². The van der Waals surface area contributed by atoms with Crippen molar-refractivity contribution in [1.29, 1.82) is 0 Å². The number of nitrogens with zero attached hydrogens (tertiary/aromatic N) is 3. The van der Waals surface area contributed by atoms with Crippen molar-refractivity contribution < 1.29 is 19.4 Å². The molecule has 23 heavy (non-hydrogen) atoms. The van der Waals surface area contributed by atoms with Gasteiger partial charge in [0.05, 0.1) is 18.6 Å². The highest BCUT2D eigenvalue weighted by Gasteiger charge is 2.22. The molecule has 0 spiro atoms. The minimum absolute atomic E-state index is 0.0191. The van der Waals surface area contributed by atoms with Crippen LogP contribution in [0.25, 0.3) is 10.2 Å². The van der Waals surface area contributed by atoms with E-state index in [0.29, 0.717) is 28.7 Å². The van der Waals surface area contributed by atoms with E-state index in [1.165, 1.54) is 11.3 Å². The van der Waals surface area contributed by atoms with Crippen molar-refractivity contribution in [3.05, 3.63) is 15.7 Å². The number of ether oxygens (including phenoxy) is 2. The van der Waals surface area contributed by atoms with E-state index >= 15 is 0 Å². The molecule has 0 radical (unpaired) electrons. The first-order chi connectivity index (χ1) is 11.0. The molecule has 0 saturated heterocycles. The maximum absolute atomic E-state index is 12.2. The van der Waals surface area contributed by atoms with Gasteiger partial charge < -0.3 is 19.5 Å². The summed E-state index contributed by atoms with van der Waals surface area (Å²) in [5.41, 5.74) is 0.740. The number of thiophene rings is 1. The van der Waals surface area contributed by atoms with E-state index in [1.807, 2.05) is 6.92 Å². The summed E-state index contributed by atoms with van der Waals surface area (Å²) >= 11 is 7.19. The van der Waals surface area contributed by atoms with Crippen molar-refractivity contribution in [1.82, 2.24) is 9.97 Å². The smallest absolute Gasteiger partial charge is 0.348 e. The lowest BCUT2D eigenvalue weighted by Crippen LogP contribution is -2.22. The van der Waals surface area contributed by atoms with Crippen molar-refractivity contribution in [2.24, 2.45) is 0 Å². The van der Waals surface area contributed by atoms with Crippen molar-refractivity contribution in [2.75, 3.05) is 45.4 Å². The zero-order chi connectivity index (χ0) is 17.0. The third kappa shape index (κ3) is 3.89. The average Bonchev–Trinajstić information content (AvgIpc) is 2.83. The number of aromatic nitrogens is 2. The Balaban J connectivity index is 2.44. The van der Waals surface area contributed by atoms with E-state index in [9.17, 15) is 4.79 Å². The Morgan fingerprint density at radius 2 is 2.13 bits per heavy atom. The number of rotatable bonds is 7. The molecule has 0 bridgehead atoms. The SMILES string of the molecule is COCCOC(=O)c1sc2nc(Cl)nc(N(C)CCO)c2c1C. The van der Waals surface area contributed by atoms with Crippen molar-refractivity contribution in [3.8, 4) is 0 Å². The number of aliphatic hydroxyl groups is 1. The maximum Gasteiger partial charge on any atom is 0.348 e. The Labute approximate surface area is 142 Å². The van der Waals surface area contributed by atoms with Gasteiger partial charge >= 0.3 is 5.97 Å². The summed E-state index contributed by atoms with van der Waals surface area (Å²) in [5.74, 6) is 0.160. The predicted molar refractivity (Wildman–Crippen MR) is 89.7 cm³/mol. The Bertz CT molecular complexity index is 707. The molecule has 1 N–H and O–H groups in total. The standard InChI is InChI=1S/C14H18ClN3O4S/c1-8-9-11(18(2)4-5-19)16-14(15)17-12(9)23-10(8)13(20)22-7-6-21-3/h19H,4-7H2,1-3H3. The minimum Gasteiger partial charge on any atom is -0.459 e. The summed E-state index contributed by atoms with van der Waals surface area (Å²) in [7, 11) is 3.33. The fraction of sp³-hybridized carbons (Fsp3) is 0.500. The molecule has 0 aliphatic carbocycles. The number of methoxy groups -OCH3 is 1. The molecular weight excluding hydrogens is 342 g/mol. The van der Waals surface area contributed by atoms with Crippen molar-refractivity contribution >= 4 is 44.9 Å². The number of anilines is 1. The van der Waals surface area contributed by atoms with Crippen LogP contribution in [0.1, 0.15) is 15.2 Å². The summed E-state index contributed by atoms with van der Waals surface area (Å²) in [6.45, 7) is 2.72. The van der Waals surface area contributed by atoms with Crippen LogP contribution in [0.15, 0.2) is 0 Å². The summed E-state index contributed by atoms with van der Waals surface area (Å²) in [6.07, 6.45) is 0. The molecule has 2 heterocycles. The summed E-state index contributed by atoms with van der Waals surface area (Å²) in [6, 6.07) is 0. The Morgan fingerprint density at radius 1 is 1.39 bits per heavy atom. The van der Waals surface area contributed by atoms with Crippen LogP contribution >= 0.6 is 22.9 Å². The van der Waals surface area contributed by atoms with E-state index in [1.54, 1.807) is 19.1 Å². The third-order valence-electron chi connectivity index (χ3n) is 3.25. The van der Waals surface area contributed by atoms with E-state index in [4.69, 9.17) is 26.2 Å². The molecule has 2 aromatic heterocycles. The molecule has 2 aromatic rings. The molecule has 0 amide bonds. The molecule has 0 aromatic carbocycles. The van der Waals surface area contributed by atoms with Crippen molar-refractivity contribution in [3.63, 3.8) is 0 Å². The van der Waals surface area contributed by atoms with Gasteiger partial charge in [-0.3, -0.25) is 0 Å². The Morgan fingerprint density at radius 3 is 2.78 bits per heavy atom. The van der Waals surface area contributed by atoms with Crippen LogP contribution in [0, 0.1) is 6.92 Å². The molecule has 0 aliphatic rings. The number of fused-ring (bicyclic) bond motifs is 1. The summed E-state index contributed by atoms with van der Waals surface area (Å²) in [5, 5.41) is 9.96. The van der Waals surface area contributed by atoms with E-state index in [-0.39, 0.29) is 18.5 Å². The zero-order valence-electron chi connectivity index (χ0n) is 13.1. The van der Waals surface area contributed by atoms with Crippen LogP contribution < -0.4 is 4.90 Å². The fourth-order valence-corrected chi connectivity index (χ4v) is 3.39. The second-order valence-corrected chi connectivity index (χ2v) is 6.16. The number of hydrogen-bond donors (Lipinski definition) is 1. The lowest BCUT2D eigenvalue weighted by molar-refractivity contribution is 0.0393. The number of aliphatic hydroxyl groups excluding tert-OH is 1. The van der Waals surface area contributed by atoms with Gasteiger partial charge in [-0.1, -0.05) is 0 Å². The van der Waals surface area contributed by atoms with E-state index in [0.717, 1.165) is 10.9 Å². The van der Waals surface area contributed by atoms with Gasteiger partial charge in [0.15, 0.2) is 0 Å². The largest absolute Gasteiger partial charge is 0.459 e. The monoisotopic (exact) mass is 359 g/mol. The van der Waals surface area contributed by atoms with Crippen LogP contribution in [0.5, 0.6) is 0 Å². The first-order valence-corrected chi connectivity index (χ1v) is 8.13. The molecule has 0 saturated carbocycles. The van der Waals surface area contributed by atoms with Gasteiger partial charge in [-0.15, -0.1) is 11.3 Å². The number of esters is 1. The van der Waals surface area contributed by atoms with Crippen LogP contribution in [-0.4, -0.2) is 61.6 Å². The second-order valence-electron chi connectivity index (χ2n) is 4.83. The van der Waals surface area contributed by atoms with E-state index < -0.39 is 5.97 Å². The molecule has 0 aliphatic heterocycles. The summed E-state index contributed by atoms with van der Waals surface area (Å²) in [4.78, 5) is 23.5. The number of likely N-dealkylation sites (N-methyl/N-ethyl adjacent to an activating group) is 1. The lowest BCUT2D eigenvalue weighted by Gasteiger charge is -2.18. The van der Waals surface area contributed by atoms with E-state index in [2.05, 4.69) is 9.97 Å². The van der Waals surface area contributed by atoms with Gasteiger partial charge in [-0.05, 0) is 24.1 Å². The zero-order valence-corrected chi connectivity index (χ0v) is 14.7. The average molecular weight is 360 g/mol. The predicted octanol–water partition coefficient (Wildman–Crippen LogP) is 1.88. The lowest BCUT2D eigenvalue weighted by atomic mass is 10.2. The van der Waals surface area contributed by atoms with Gasteiger partial charge in [-0.25, -0.2) is 9.78 Å². The summed E-state index contributed by atoms with van der Waals surface area (Å²) < 4.78 is 10.0. The highest BCUT2D eigenvalue weighted by atomic mass is 35.5. The fourth-order valence-electron chi connectivity index (χ4n) is 2.10. The number of carbonyl (C=O) groups is 1. The van der Waals surface area contributed by atoms with Crippen LogP contribution in [-0.2, 0) is 9.47 Å². The van der Waals surface area contributed by atoms with Crippen LogP contribution in [0.4, 0.5) is 5.82 Å². The Hall–Kier alpha value is -1.48. The van der Waals surface area contributed by atoms with Crippen LogP contribution in [0.3, 0.4) is 0 Å². The maximum atomic E-state index is 12.2. The van der Waals surface area contributed by atoms with Gasteiger partial charge in [0.25, 0.3) is 0 Å². The number of hydrogen-bond acceptors (Lipinski definition) is 8. The van der Waals surface area contributed by atoms with Crippen molar-refractivity contribution in [2.45, 2.75) is 6.92 Å². The molecule has 9 heteroatoms. The van der Waals surface area contributed by atoms with Gasteiger partial charge in [-0.2, -0.15) is 4.98 Å². The Kier molecular flexibility index (Phi) is 6.11. The first kappa shape index (κ1) is 17.9. The van der Waals surface area contributed by atoms with Crippen LogP contribution in [0.2, 0.25) is 5.28 Å². The molecule has 0 fully saturated rings. The van der Waals surface area contributed by atoms with Gasteiger partial charge in [0, 0.05) is 20.7 Å². The first-order valence-electron chi connectivity index (χ1n) is 6.94. The normalized spacial score (nSPS) is 11.0. The highest BCUT2D eigenvalue weighted by Crippen LogP contribution is 2.36. The number of carbonyl (C=O) groups excluding carboxylic acids is 1.